The van der Waals surface area contributed by atoms with Gasteiger partial charge in [0.25, 0.3) is 5.91 Å². The van der Waals surface area contributed by atoms with E-state index in [1.807, 2.05) is 0 Å². The molecular weight excluding hydrogens is 440 g/mol. The number of nitrogens with zero attached hydrogens (tertiary/aromatic N) is 1. The molecule has 0 aromatic carbocycles. The van der Waals surface area contributed by atoms with Crippen molar-refractivity contribution < 1.29 is 23.9 Å². The van der Waals surface area contributed by atoms with Crippen molar-refractivity contribution in [3.8, 4) is 0 Å². The van der Waals surface area contributed by atoms with Gasteiger partial charge in [-0.15, -0.1) is 11.3 Å². The molecule has 1 atom stereocenters. The molecule has 9 heteroatoms. The number of hydrogen-bond donors (Lipinski definition) is 1. The molecule has 1 unspecified atom stereocenters. The van der Waals surface area contributed by atoms with Crippen LogP contribution in [0.15, 0.2) is 18.3 Å². The van der Waals surface area contributed by atoms with Crippen molar-refractivity contribution in [2.75, 3.05) is 19.0 Å². The molecule has 7 nitrogen and oxygen atoms in total. The van der Waals surface area contributed by atoms with E-state index < -0.39 is 24.5 Å². The summed E-state index contributed by atoms with van der Waals surface area (Å²) in [5.41, 5.74) is 1.69. The van der Waals surface area contributed by atoms with Gasteiger partial charge < -0.3 is 14.8 Å². The molecule has 0 saturated heterocycles. The Labute approximate surface area is 190 Å². The average Bonchev–Trinajstić information content (AvgIpc) is 3.07. The lowest BCUT2D eigenvalue weighted by Gasteiger charge is -2.33. The van der Waals surface area contributed by atoms with Crippen LogP contribution in [0.1, 0.15) is 58.3 Å². The van der Waals surface area contributed by atoms with E-state index in [0.29, 0.717) is 16.5 Å². The Bertz CT molecular complexity index is 1010. The number of carbonyl (C=O) groups excluding carboxylic acids is 3. The first kappa shape index (κ1) is 23.2. The maximum Gasteiger partial charge on any atom is 0.341 e. The van der Waals surface area contributed by atoms with Crippen LogP contribution in [0.4, 0.5) is 5.00 Å². The first-order valence-corrected chi connectivity index (χ1v) is 11.1. The van der Waals surface area contributed by atoms with Crippen molar-refractivity contribution >= 4 is 45.8 Å². The van der Waals surface area contributed by atoms with Gasteiger partial charge in [-0.2, -0.15) is 0 Å². The van der Waals surface area contributed by atoms with Crippen LogP contribution < -0.4 is 5.32 Å². The molecule has 3 rings (SSSR count). The molecule has 0 bridgehead atoms. The number of ether oxygens (including phenoxy) is 2. The van der Waals surface area contributed by atoms with Crippen LogP contribution in [0.3, 0.4) is 0 Å². The van der Waals surface area contributed by atoms with Crippen LogP contribution in [0.5, 0.6) is 0 Å². The second-order valence-electron chi connectivity index (χ2n) is 8.50. The van der Waals surface area contributed by atoms with Gasteiger partial charge in [-0.1, -0.05) is 32.4 Å². The van der Waals surface area contributed by atoms with Crippen LogP contribution in [-0.2, 0) is 27.1 Å². The van der Waals surface area contributed by atoms with Crippen LogP contribution in [0, 0.1) is 11.3 Å². The van der Waals surface area contributed by atoms with E-state index in [-0.39, 0.29) is 16.1 Å². The monoisotopic (exact) mass is 464 g/mol. The largest absolute Gasteiger partial charge is 0.465 e. The summed E-state index contributed by atoms with van der Waals surface area (Å²) >= 11 is 7.15. The van der Waals surface area contributed by atoms with Crippen LogP contribution in [-0.4, -0.2) is 36.5 Å². The molecule has 1 N–H and O–H groups in total. The zero-order chi connectivity index (χ0) is 22.8. The number of esters is 2. The molecule has 1 amide bonds. The Balaban J connectivity index is 1.73. The number of nitrogens with one attached hydrogen (secondary N) is 1. The van der Waals surface area contributed by atoms with Crippen molar-refractivity contribution in [1.82, 2.24) is 4.98 Å². The molecule has 2 aromatic rings. The van der Waals surface area contributed by atoms with Gasteiger partial charge in [0.05, 0.1) is 18.2 Å². The Morgan fingerprint density at radius 1 is 1.29 bits per heavy atom. The molecule has 31 heavy (non-hydrogen) atoms. The van der Waals surface area contributed by atoms with Crippen molar-refractivity contribution in [3.05, 3.63) is 45.1 Å². The first-order chi connectivity index (χ1) is 14.6. The maximum absolute atomic E-state index is 12.4. The number of hydrogen-bond acceptors (Lipinski definition) is 7. The molecule has 2 aromatic heterocycles. The van der Waals surface area contributed by atoms with Crippen LogP contribution in [0.25, 0.3) is 0 Å². The van der Waals surface area contributed by atoms with Gasteiger partial charge in [-0.05, 0) is 48.3 Å². The summed E-state index contributed by atoms with van der Waals surface area (Å²) in [5.74, 6) is -1.22. The zero-order valence-corrected chi connectivity index (χ0v) is 19.5. The number of fused-ring (bicyclic) bond motifs is 1. The number of aromatic nitrogens is 1. The minimum atomic E-state index is -0.689. The third-order valence-corrected chi connectivity index (χ3v) is 6.81. The summed E-state index contributed by atoms with van der Waals surface area (Å²) in [6.07, 6.45) is 3.95. The normalized spacial score (nSPS) is 15.7. The van der Waals surface area contributed by atoms with E-state index in [1.54, 1.807) is 0 Å². The first-order valence-electron chi connectivity index (χ1n) is 9.91. The Hall–Kier alpha value is -2.45. The summed E-state index contributed by atoms with van der Waals surface area (Å²) in [6, 6.07) is 2.80. The SMILES string of the molecule is COC(=O)c1c(NC(=O)COC(=O)c2ccnc(Cl)c2)sc2c1CCC(C(C)(C)C)C2. The Morgan fingerprint density at radius 2 is 2.03 bits per heavy atom. The summed E-state index contributed by atoms with van der Waals surface area (Å²) in [5, 5.41) is 3.30. The predicted molar refractivity (Wildman–Crippen MR) is 119 cm³/mol. The minimum Gasteiger partial charge on any atom is -0.465 e. The fourth-order valence-electron chi connectivity index (χ4n) is 3.64. The lowest BCUT2D eigenvalue weighted by Crippen LogP contribution is -2.26. The molecular formula is C22H25ClN2O5S. The Morgan fingerprint density at radius 3 is 2.68 bits per heavy atom. The highest BCUT2D eigenvalue weighted by Gasteiger charge is 2.34. The fourth-order valence-corrected chi connectivity index (χ4v) is 5.14. The lowest BCUT2D eigenvalue weighted by molar-refractivity contribution is -0.119. The van der Waals surface area contributed by atoms with E-state index in [1.165, 1.54) is 36.8 Å². The highest BCUT2D eigenvalue weighted by molar-refractivity contribution is 7.17. The molecule has 0 fully saturated rings. The topological polar surface area (TPSA) is 94.6 Å². The third kappa shape index (κ3) is 5.43. The molecule has 2 heterocycles. The summed E-state index contributed by atoms with van der Waals surface area (Å²) < 4.78 is 10.0. The smallest absolute Gasteiger partial charge is 0.341 e. The predicted octanol–water partition coefficient (Wildman–Crippen LogP) is 4.53. The highest BCUT2D eigenvalue weighted by atomic mass is 35.5. The van der Waals surface area contributed by atoms with Crippen molar-refractivity contribution in [2.24, 2.45) is 11.3 Å². The van der Waals surface area contributed by atoms with Gasteiger partial charge in [-0.25, -0.2) is 14.6 Å². The molecule has 166 valence electrons. The summed E-state index contributed by atoms with van der Waals surface area (Å²) in [6.45, 7) is 6.14. The summed E-state index contributed by atoms with van der Waals surface area (Å²) in [4.78, 5) is 41.9. The van der Waals surface area contributed by atoms with Crippen LogP contribution in [0.2, 0.25) is 5.15 Å². The minimum absolute atomic E-state index is 0.152. The van der Waals surface area contributed by atoms with Gasteiger partial charge in [0.1, 0.15) is 10.2 Å². The Kier molecular flexibility index (Phi) is 7.01. The van der Waals surface area contributed by atoms with Gasteiger partial charge in [-0.3, -0.25) is 4.79 Å². The van der Waals surface area contributed by atoms with Gasteiger partial charge in [0.2, 0.25) is 0 Å². The van der Waals surface area contributed by atoms with Crippen molar-refractivity contribution in [2.45, 2.75) is 40.0 Å². The van der Waals surface area contributed by atoms with Crippen molar-refractivity contribution in [1.29, 1.82) is 0 Å². The molecule has 0 aliphatic heterocycles. The van der Waals surface area contributed by atoms with E-state index in [9.17, 15) is 14.4 Å². The number of methoxy groups -OCH3 is 1. The second-order valence-corrected chi connectivity index (χ2v) is 9.99. The average molecular weight is 465 g/mol. The van der Waals surface area contributed by atoms with E-state index in [2.05, 4.69) is 31.1 Å². The van der Waals surface area contributed by atoms with Crippen molar-refractivity contribution in [3.63, 3.8) is 0 Å². The number of halogens is 1. The number of amides is 1. The van der Waals surface area contributed by atoms with E-state index in [4.69, 9.17) is 21.1 Å². The standard InChI is InChI=1S/C22H25ClN2O5S/c1-22(2,3)13-5-6-14-15(10-13)31-19(18(14)21(28)29-4)25-17(26)11-30-20(27)12-7-8-24-16(23)9-12/h7-9,13H,5-6,10-11H2,1-4H3,(H,25,26). The fraction of sp³-hybridized carbons (Fsp3) is 0.455. The van der Waals surface area contributed by atoms with Gasteiger partial charge in [0.15, 0.2) is 6.61 Å². The molecule has 0 saturated carbocycles. The van der Waals surface area contributed by atoms with Gasteiger partial charge in [0, 0.05) is 11.1 Å². The third-order valence-electron chi connectivity index (χ3n) is 5.43. The van der Waals surface area contributed by atoms with Crippen LogP contribution >= 0.6 is 22.9 Å². The second kappa shape index (κ2) is 9.36. The molecule has 1 aliphatic carbocycles. The number of pyridine rings is 1. The number of rotatable bonds is 5. The summed E-state index contributed by atoms with van der Waals surface area (Å²) in [7, 11) is 1.32. The van der Waals surface area contributed by atoms with E-state index >= 15 is 0 Å². The maximum atomic E-state index is 12.4. The molecule has 1 aliphatic rings. The highest BCUT2D eigenvalue weighted by Crippen LogP contribution is 2.44. The zero-order valence-electron chi connectivity index (χ0n) is 17.9. The molecule has 0 spiro atoms. The van der Waals surface area contributed by atoms with Gasteiger partial charge >= 0.3 is 11.9 Å². The number of thiophene rings is 1. The van der Waals surface area contributed by atoms with E-state index in [0.717, 1.165) is 29.7 Å². The lowest BCUT2D eigenvalue weighted by atomic mass is 9.72. The molecule has 0 radical (unpaired) electrons. The number of carbonyl (C=O) groups is 3. The quantitative estimate of drug-likeness (QED) is 0.516. The number of anilines is 1.